The van der Waals surface area contributed by atoms with Crippen molar-refractivity contribution in [2.45, 2.75) is 82.5 Å². The Hall–Kier alpha value is -1.47. The molecule has 1 saturated carbocycles. The zero-order chi connectivity index (χ0) is 20.0. The van der Waals surface area contributed by atoms with Gasteiger partial charge in [0, 0.05) is 24.7 Å². The predicted octanol–water partition coefficient (Wildman–Crippen LogP) is 3.30. The standard InChI is InChI=1S/C20H30F2O5/c1-2-3-6-13(21)14(23)10-9-12-15(24)11-17-19(12)20(22)16(27-17)7-4-5-8-18(25)26/h7,9-10,12-15,17,19-20,23-24H,2-6,8,11H2,1H3,(H,25,26)/t12-,13?,14+,15+,17+,19+,20+/m0/s1. The fourth-order valence-electron chi connectivity index (χ4n) is 3.84. The van der Waals surface area contributed by atoms with E-state index in [0.717, 1.165) is 6.42 Å². The Morgan fingerprint density at radius 2 is 2.15 bits per heavy atom. The van der Waals surface area contributed by atoms with Crippen LogP contribution >= 0.6 is 0 Å². The maximum atomic E-state index is 14.8. The van der Waals surface area contributed by atoms with Crippen molar-refractivity contribution in [3.05, 3.63) is 24.0 Å². The number of fused-ring (bicyclic) bond motifs is 1. The van der Waals surface area contributed by atoms with Crippen molar-refractivity contribution in [1.82, 2.24) is 0 Å². The molecule has 7 heteroatoms. The van der Waals surface area contributed by atoms with Gasteiger partial charge in [-0.25, -0.2) is 8.78 Å². The SMILES string of the molecule is CCCCC(F)[C@H](O)C=C[C@@H]1[C@H]2[C@H](F)C(=CCCCC(=O)O)O[C@@H]2C[C@H]1O. The van der Waals surface area contributed by atoms with Gasteiger partial charge in [0.1, 0.15) is 24.1 Å². The van der Waals surface area contributed by atoms with Crippen molar-refractivity contribution in [3.63, 3.8) is 0 Å². The van der Waals surface area contributed by atoms with E-state index in [2.05, 4.69) is 0 Å². The van der Waals surface area contributed by atoms with Gasteiger partial charge in [0.05, 0.1) is 6.10 Å². The smallest absolute Gasteiger partial charge is 0.303 e. The Bertz CT molecular complexity index is 550. The van der Waals surface area contributed by atoms with Gasteiger partial charge in [-0.2, -0.15) is 0 Å². The molecule has 0 amide bonds. The van der Waals surface area contributed by atoms with Crippen molar-refractivity contribution in [3.8, 4) is 0 Å². The number of rotatable bonds is 10. The molecule has 0 spiro atoms. The van der Waals surface area contributed by atoms with E-state index in [1.807, 2.05) is 6.92 Å². The monoisotopic (exact) mass is 388 g/mol. The lowest BCUT2D eigenvalue weighted by atomic mass is 9.89. The molecule has 154 valence electrons. The van der Waals surface area contributed by atoms with Crippen molar-refractivity contribution in [2.24, 2.45) is 11.8 Å². The molecule has 2 aliphatic rings. The van der Waals surface area contributed by atoms with E-state index < -0.39 is 48.5 Å². The molecule has 1 aliphatic heterocycles. The topological polar surface area (TPSA) is 87.0 Å². The van der Waals surface area contributed by atoms with Crippen molar-refractivity contribution >= 4 is 5.97 Å². The molecule has 1 heterocycles. The van der Waals surface area contributed by atoms with Gasteiger partial charge in [-0.1, -0.05) is 31.9 Å². The number of carboxylic acids is 1. The van der Waals surface area contributed by atoms with Crippen LogP contribution in [0.5, 0.6) is 0 Å². The number of halogens is 2. The van der Waals surface area contributed by atoms with Gasteiger partial charge in [0.15, 0.2) is 6.17 Å². The second-order valence-electron chi connectivity index (χ2n) is 7.44. The van der Waals surface area contributed by atoms with Crippen LogP contribution in [0.4, 0.5) is 8.78 Å². The van der Waals surface area contributed by atoms with Gasteiger partial charge >= 0.3 is 5.97 Å². The maximum absolute atomic E-state index is 14.8. The third-order valence-corrected chi connectivity index (χ3v) is 5.36. The van der Waals surface area contributed by atoms with Crippen LogP contribution in [0.2, 0.25) is 0 Å². The molecule has 5 nitrogen and oxygen atoms in total. The minimum Gasteiger partial charge on any atom is -0.491 e. The lowest BCUT2D eigenvalue weighted by Crippen LogP contribution is -2.26. The second-order valence-corrected chi connectivity index (χ2v) is 7.44. The summed E-state index contributed by atoms with van der Waals surface area (Å²) in [6.07, 6.45) is 1.98. The summed E-state index contributed by atoms with van der Waals surface area (Å²) in [6, 6.07) is 0. The minimum atomic E-state index is -1.40. The fraction of sp³-hybridized carbons (Fsp3) is 0.750. The van der Waals surface area contributed by atoms with Crippen molar-refractivity contribution < 1.29 is 33.6 Å². The lowest BCUT2D eigenvalue weighted by Gasteiger charge is -2.19. The van der Waals surface area contributed by atoms with Crippen LogP contribution in [0.1, 0.15) is 51.9 Å². The highest BCUT2D eigenvalue weighted by atomic mass is 19.1. The Labute approximate surface area is 158 Å². The van der Waals surface area contributed by atoms with Crippen molar-refractivity contribution in [1.29, 1.82) is 0 Å². The maximum Gasteiger partial charge on any atom is 0.303 e. The van der Waals surface area contributed by atoms with Crippen LogP contribution in [0.25, 0.3) is 0 Å². The zero-order valence-electron chi connectivity index (χ0n) is 15.6. The van der Waals surface area contributed by atoms with E-state index in [4.69, 9.17) is 9.84 Å². The van der Waals surface area contributed by atoms with Gasteiger partial charge in [-0.3, -0.25) is 4.79 Å². The molecule has 3 N–H and O–H groups in total. The van der Waals surface area contributed by atoms with E-state index in [1.165, 1.54) is 12.2 Å². The number of aliphatic hydroxyl groups excluding tert-OH is 2. The number of carbonyl (C=O) groups is 1. The quantitative estimate of drug-likeness (QED) is 0.395. The summed E-state index contributed by atoms with van der Waals surface area (Å²) < 4.78 is 34.3. The highest BCUT2D eigenvalue weighted by molar-refractivity contribution is 5.66. The highest BCUT2D eigenvalue weighted by Crippen LogP contribution is 2.47. The second kappa shape index (κ2) is 10.2. The van der Waals surface area contributed by atoms with Gasteiger partial charge in [0.25, 0.3) is 0 Å². The molecule has 1 aliphatic carbocycles. The number of unbranched alkanes of at least 4 members (excludes halogenated alkanes) is 2. The summed E-state index contributed by atoms with van der Waals surface area (Å²) in [6.45, 7) is 1.94. The van der Waals surface area contributed by atoms with E-state index in [1.54, 1.807) is 6.08 Å². The van der Waals surface area contributed by atoms with Crippen LogP contribution in [0, 0.1) is 11.8 Å². The Balaban J connectivity index is 1.95. The van der Waals surface area contributed by atoms with Gasteiger partial charge in [-0.05, 0) is 25.3 Å². The average molecular weight is 388 g/mol. The third-order valence-electron chi connectivity index (χ3n) is 5.36. The number of allylic oxidation sites excluding steroid dienone is 2. The summed E-state index contributed by atoms with van der Waals surface area (Å²) in [7, 11) is 0. The van der Waals surface area contributed by atoms with E-state index >= 15 is 0 Å². The summed E-state index contributed by atoms with van der Waals surface area (Å²) in [4.78, 5) is 10.5. The first kappa shape index (κ1) is 21.8. The predicted molar refractivity (Wildman–Crippen MR) is 96.5 cm³/mol. The molecule has 27 heavy (non-hydrogen) atoms. The molecule has 0 bridgehead atoms. The largest absolute Gasteiger partial charge is 0.491 e. The molecular formula is C20H30F2O5. The minimum absolute atomic E-state index is 0.0119. The van der Waals surface area contributed by atoms with Gasteiger partial charge in [-0.15, -0.1) is 0 Å². The molecule has 7 atom stereocenters. The zero-order valence-corrected chi connectivity index (χ0v) is 15.6. The summed E-state index contributed by atoms with van der Waals surface area (Å²) in [5, 5.41) is 28.8. The Morgan fingerprint density at radius 1 is 1.41 bits per heavy atom. The first-order valence-corrected chi connectivity index (χ1v) is 9.76. The lowest BCUT2D eigenvalue weighted by molar-refractivity contribution is -0.137. The average Bonchev–Trinajstić information content (AvgIpc) is 3.09. The first-order chi connectivity index (χ1) is 12.8. The van der Waals surface area contributed by atoms with E-state index in [0.29, 0.717) is 19.3 Å². The van der Waals surface area contributed by atoms with Crippen LogP contribution in [-0.2, 0) is 9.53 Å². The molecule has 1 unspecified atom stereocenters. The molecule has 0 aromatic rings. The van der Waals surface area contributed by atoms with Crippen LogP contribution < -0.4 is 0 Å². The van der Waals surface area contributed by atoms with E-state index in [-0.39, 0.29) is 25.0 Å². The highest BCUT2D eigenvalue weighted by Gasteiger charge is 2.53. The van der Waals surface area contributed by atoms with Crippen molar-refractivity contribution in [2.75, 3.05) is 0 Å². The summed E-state index contributed by atoms with van der Waals surface area (Å²) in [5.74, 6) is -1.84. The van der Waals surface area contributed by atoms with Crippen LogP contribution in [-0.4, -0.2) is 51.9 Å². The normalized spacial score (nSPS) is 34.0. The van der Waals surface area contributed by atoms with Gasteiger partial charge < -0.3 is 20.1 Å². The number of hydrogen-bond donors (Lipinski definition) is 3. The number of aliphatic hydroxyl groups is 2. The molecule has 2 rings (SSSR count). The molecule has 0 aromatic carbocycles. The Kier molecular flexibility index (Phi) is 8.23. The first-order valence-electron chi connectivity index (χ1n) is 9.76. The molecule has 1 saturated heterocycles. The Morgan fingerprint density at radius 3 is 2.81 bits per heavy atom. The number of alkyl halides is 2. The number of carboxylic acid groups (broad SMARTS) is 1. The fourth-order valence-corrected chi connectivity index (χ4v) is 3.84. The number of ether oxygens (including phenoxy) is 1. The van der Waals surface area contributed by atoms with Crippen LogP contribution in [0.15, 0.2) is 24.0 Å². The van der Waals surface area contributed by atoms with Crippen LogP contribution in [0.3, 0.4) is 0 Å². The molecule has 0 radical (unpaired) electrons. The molecule has 0 aromatic heterocycles. The summed E-state index contributed by atoms with van der Waals surface area (Å²) in [5.41, 5.74) is 0. The number of aliphatic carboxylic acids is 1. The summed E-state index contributed by atoms with van der Waals surface area (Å²) >= 11 is 0. The van der Waals surface area contributed by atoms with Gasteiger partial charge in [0.2, 0.25) is 0 Å². The van der Waals surface area contributed by atoms with E-state index in [9.17, 15) is 23.8 Å². The molecule has 2 fully saturated rings. The third kappa shape index (κ3) is 5.75. The number of hydrogen-bond acceptors (Lipinski definition) is 4. The molecular weight excluding hydrogens is 358 g/mol.